The summed E-state index contributed by atoms with van der Waals surface area (Å²) < 4.78 is 3.61. The van der Waals surface area contributed by atoms with Gasteiger partial charge in [-0.3, -0.25) is 0 Å². The van der Waals surface area contributed by atoms with Gasteiger partial charge in [0.05, 0.1) is 0 Å². The molecule has 16 rings (SSSR count). The van der Waals surface area contributed by atoms with E-state index in [1.54, 1.807) is 0 Å². The Kier molecular flexibility index (Phi) is 10.9. The molecule has 0 bridgehead atoms. The SMILES string of the molecule is [SeH]c1cc2c(cc1B1c3ccc(-n4c5ccccc5c5ccccc54)cc3-c3ccccc3N1c1ccccc1)B1c3ccccc3N(c3ccccc3)c3cc(N(c4ccccc4)c4ccccc4)cc(c31)N2c1ccccc1. The Hall–Kier alpha value is -9.71. The third kappa shape index (κ3) is 7.20. The van der Waals surface area contributed by atoms with Crippen molar-refractivity contribution in [2.75, 3.05) is 19.5 Å². The second-order valence-electron chi connectivity index (χ2n) is 21.0. The molecule has 1 aromatic heterocycles. The van der Waals surface area contributed by atoms with E-state index in [1.807, 2.05) is 0 Å². The maximum atomic E-state index is 3.03. The van der Waals surface area contributed by atoms with Crippen molar-refractivity contribution >= 4 is 146 Å². The number of para-hydroxylation sites is 9. The summed E-state index contributed by atoms with van der Waals surface area (Å²) in [6, 6.07) is 107. The molecule has 0 saturated heterocycles. The van der Waals surface area contributed by atoms with Gasteiger partial charge >= 0.3 is 478 Å². The van der Waals surface area contributed by atoms with Gasteiger partial charge < -0.3 is 0 Å². The van der Waals surface area contributed by atoms with Crippen LogP contribution >= 0.6 is 0 Å². The number of nitrogens with zero attached hydrogens (tertiary/aromatic N) is 5. The van der Waals surface area contributed by atoms with E-state index >= 15 is 0 Å². The van der Waals surface area contributed by atoms with Gasteiger partial charge in [0.25, 0.3) is 0 Å². The van der Waals surface area contributed by atoms with Gasteiger partial charge in [-0.1, -0.05) is 0 Å². The van der Waals surface area contributed by atoms with Crippen LogP contribution in [0.5, 0.6) is 0 Å². The first-order chi connectivity index (χ1) is 39.7. The standard InChI is InChI=1S/C72H49B2N5Se/c80-71-48-68-62(47-63(71)74-60-43-42-54(78-64-38-20-16-34-56(64)57-35-17-21-39-65(57)78)44-59(60)58-36-18-22-40-66(58)79(74)53-32-14-5-15-33-53)73-61-37-19-23-41-67(61)76(51-28-10-3-11-29-51)69-45-55(46-70(72(69)73)77(68)52-30-12-4-13-31-52)75(49-24-6-1-7-25-49)50-26-8-2-9-27-50/h1-48,80H. The van der Waals surface area contributed by atoms with Crippen LogP contribution in [0.1, 0.15) is 0 Å². The summed E-state index contributed by atoms with van der Waals surface area (Å²) in [7, 11) is 0. The zero-order chi connectivity index (χ0) is 52.8. The maximum absolute atomic E-state index is 3.03. The van der Waals surface area contributed by atoms with Gasteiger partial charge in [0.2, 0.25) is 0 Å². The van der Waals surface area contributed by atoms with Crippen LogP contribution in [0, 0.1) is 0 Å². The summed E-state index contributed by atoms with van der Waals surface area (Å²) in [5.41, 5.74) is 24.7. The summed E-state index contributed by atoms with van der Waals surface area (Å²) in [6.45, 7) is -0.316. The number of anilines is 11. The topological polar surface area (TPSA) is 17.9 Å². The zero-order valence-electron chi connectivity index (χ0n) is 43.6. The summed E-state index contributed by atoms with van der Waals surface area (Å²) in [5, 5.41) is 2.51. The van der Waals surface area contributed by atoms with E-state index in [0.717, 1.165) is 61.3 Å². The molecule has 0 amide bonds. The van der Waals surface area contributed by atoms with Crippen molar-refractivity contribution in [3.05, 3.63) is 291 Å². The first kappa shape index (κ1) is 46.4. The van der Waals surface area contributed by atoms with Crippen molar-refractivity contribution in [1.82, 2.24) is 4.57 Å². The minimum absolute atomic E-state index is 0.118. The Morgan fingerprint density at radius 2 is 0.812 bits per heavy atom. The van der Waals surface area contributed by atoms with Crippen LogP contribution in [0.4, 0.5) is 62.6 Å². The summed E-state index contributed by atoms with van der Waals surface area (Å²) in [6.07, 6.45) is 0. The Morgan fingerprint density at radius 1 is 0.312 bits per heavy atom. The van der Waals surface area contributed by atoms with Crippen molar-refractivity contribution in [3.8, 4) is 16.8 Å². The molecule has 80 heavy (non-hydrogen) atoms. The van der Waals surface area contributed by atoms with Crippen molar-refractivity contribution in [1.29, 1.82) is 0 Å². The third-order valence-corrected chi connectivity index (χ3v) is 17.4. The molecule has 0 fully saturated rings. The molecule has 8 heteroatoms. The van der Waals surface area contributed by atoms with E-state index in [2.05, 4.69) is 331 Å². The fraction of sp³-hybridized carbons (Fsp3) is 0. The zero-order valence-corrected chi connectivity index (χ0v) is 45.4. The summed E-state index contributed by atoms with van der Waals surface area (Å²) >= 11 is 3.03. The van der Waals surface area contributed by atoms with Gasteiger partial charge in [-0.05, 0) is 0 Å². The van der Waals surface area contributed by atoms with Crippen LogP contribution in [0.25, 0.3) is 38.6 Å². The van der Waals surface area contributed by atoms with Crippen LogP contribution in [0.2, 0.25) is 0 Å². The predicted molar refractivity (Wildman–Crippen MR) is 342 cm³/mol. The average Bonchev–Trinajstić information content (AvgIpc) is 2.96. The fourth-order valence-corrected chi connectivity index (χ4v) is 14.0. The number of rotatable bonds is 8. The minimum atomic E-state index is -0.198. The van der Waals surface area contributed by atoms with Gasteiger partial charge in [0.1, 0.15) is 0 Å². The molecule has 374 valence electrons. The quantitative estimate of drug-likeness (QED) is 0.141. The van der Waals surface area contributed by atoms with E-state index < -0.39 is 0 Å². The van der Waals surface area contributed by atoms with Gasteiger partial charge in [0, 0.05) is 0 Å². The van der Waals surface area contributed by atoms with E-state index in [9.17, 15) is 0 Å². The molecule has 0 aliphatic carbocycles. The first-order valence-corrected chi connectivity index (χ1v) is 28.4. The van der Waals surface area contributed by atoms with Crippen LogP contribution < -0.4 is 51.3 Å². The molecule has 0 N–H and O–H groups in total. The van der Waals surface area contributed by atoms with E-state index in [1.165, 1.54) is 71.6 Å². The fourth-order valence-electron chi connectivity index (χ4n) is 13.4. The summed E-state index contributed by atoms with van der Waals surface area (Å²) in [5.74, 6) is 0. The molecule has 0 unspecified atom stereocenters. The molecule has 5 nitrogen and oxygen atoms in total. The van der Waals surface area contributed by atoms with Crippen LogP contribution in [0.3, 0.4) is 0 Å². The molecule has 3 aliphatic rings. The number of hydrogen-bond donors (Lipinski definition) is 0. The van der Waals surface area contributed by atoms with Crippen molar-refractivity contribution in [2.45, 2.75) is 0 Å². The van der Waals surface area contributed by atoms with Crippen molar-refractivity contribution in [3.63, 3.8) is 0 Å². The molecule has 12 aromatic carbocycles. The average molecular weight is 1080 g/mol. The molecule has 4 heterocycles. The Labute approximate surface area is 474 Å². The van der Waals surface area contributed by atoms with Crippen LogP contribution in [-0.2, 0) is 0 Å². The Bertz CT molecular complexity index is 4440. The van der Waals surface area contributed by atoms with Crippen LogP contribution in [-0.4, -0.2) is 34.1 Å². The Morgan fingerprint density at radius 3 is 1.43 bits per heavy atom. The molecule has 0 radical (unpaired) electrons. The van der Waals surface area contributed by atoms with Gasteiger partial charge in [-0.25, -0.2) is 0 Å². The molecule has 0 spiro atoms. The number of fused-ring (bicyclic) bond motifs is 10. The molecule has 0 saturated carbocycles. The number of hydrogen-bond acceptors (Lipinski definition) is 4. The third-order valence-electron chi connectivity index (χ3n) is 16.6. The van der Waals surface area contributed by atoms with Gasteiger partial charge in [-0.15, -0.1) is 0 Å². The van der Waals surface area contributed by atoms with Crippen molar-refractivity contribution in [2.24, 2.45) is 0 Å². The van der Waals surface area contributed by atoms with Crippen molar-refractivity contribution < 1.29 is 0 Å². The summed E-state index contributed by atoms with van der Waals surface area (Å²) in [4.78, 5) is 10.0. The van der Waals surface area contributed by atoms with Gasteiger partial charge in [-0.2, -0.15) is 0 Å². The Balaban J connectivity index is 0.973. The first-order valence-electron chi connectivity index (χ1n) is 27.5. The molecule has 0 atom stereocenters. The van der Waals surface area contributed by atoms with E-state index in [0.29, 0.717) is 0 Å². The van der Waals surface area contributed by atoms with Gasteiger partial charge in [0.15, 0.2) is 0 Å². The second-order valence-corrected chi connectivity index (χ2v) is 22.0. The predicted octanol–water partition coefficient (Wildman–Crippen LogP) is 13.8. The number of aromatic nitrogens is 1. The normalized spacial score (nSPS) is 12.9. The molecule has 3 aliphatic heterocycles. The van der Waals surface area contributed by atoms with E-state index in [-0.39, 0.29) is 13.6 Å². The monoisotopic (exact) mass is 1090 g/mol. The number of benzene rings is 12. The second kappa shape index (κ2) is 18.7. The molecular weight excluding hydrogens is 1040 g/mol. The molecule has 13 aromatic rings. The van der Waals surface area contributed by atoms with Crippen LogP contribution in [0.15, 0.2) is 291 Å². The molecular formula is C72H49B2N5Se. The van der Waals surface area contributed by atoms with E-state index in [4.69, 9.17) is 0 Å².